The van der Waals surface area contributed by atoms with E-state index in [2.05, 4.69) is 23.3 Å². The number of thiophene rings is 2. The summed E-state index contributed by atoms with van der Waals surface area (Å²) in [4.78, 5) is 18.8. The molecule has 0 aliphatic rings. The SMILES string of the molecule is Cc1ccsc1CN(CCN(C)C)C(=O)C=Cc1cc(CO)cs1. The van der Waals surface area contributed by atoms with Crippen molar-refractivity contribution in [2.75, 3.05) is 27.2 Å². The molecule has 0 spiro atoms. The Morgan fingerprint density at radius 2 is 2.08 bits per heavy atom. The Bertz CT molecular complexity index is 689. The molecule has 1 N–H and O–H groups in total. The summed E-state index contributed by atoms with van der Waals surface area (Å²) < 4.78 is 0. The molecule has 0 radical (unpaired) electrons. The van der Waals surface area contributed by atoms with Crippen molar-refractivity contribution in [3.63, 3.8) is 0 Å². The zero-order chi connectivity index (χ0) is 17.5. The maximum atomic E-state index is 12.6. The maximum absolute atomic E-state index is 12.6. The van der Waals surface area contributed by atoms with Crippen molar-refractivity contribution in [1.82, 2.24) is 9.80 Å². The highest BCUT2D eigenvalue weighted by molar-refractivity contribution is 7.11. The molecule has 130 valence electrons. The van der Waals surface area contributed by atoms with Crippen molar-refractivity contribution < 1.29 is 9.90 Å². The van der Waals surface area contributed by atoms with Crippen LogP contribution in [0.15, 0.2) is 29.0 Å². The number of hydrogen-bond donors (Lipinski definition) is 1. The van der Waals surface area contributed by atoms with Gasteiger partial charge in [0.1, 0.15) is 0 Å². The largest absolute Gasteiger partial charge is 0.392 e. The zero-order valence-electron chi connectivity index (χ0n) is 14.4. The van der Waals surface area contributed by atoms with Crippen LogP contribution >= 0.6 is 22.7 Å². The summed E-state index contributed by atoms with van der Waals surface area (Å²) in [5.74, 6) is 0.0172. The van der Waals surface area contributed by atoms with Crippen molar-refractivity contribution in [2.45, 2.75) is 20.1 Å². The Kier molecular flexibility index (Phi) is 7.17. The van der Waals surface area contributed by atoms with E-state index in [9.17, 15) is 4.79 Å². The summed E-state index contributed by atoms with van der Waals surface area (Å²) in [5, 5.41) is 13.1. The van der Waals surface area contributed by atoms with E-state index >= 15 is 0 Å². The molecule has 0 aromatic carbocycles. The van der Waals surface area contributed by atoms with Crippen LogP contribution in [0.25, 0.3) is 6.08 Å². The number of aliphatic hydroxyl groups is 1. The van der Waals surface area contributed by atoms with Gasteiger partial charge >= 0.3 is 0 Å². The molecule has 2 heterocycles. The number of likely N-dealkylation sites (N-methyl/N-ethyl adjacent to an activating group) is 1. The fraction of sp³-hybridized carbons (Fsp3) is 0.389. The Morgan fingerprint density at radius 3 is 2.67 bits per heavy atom. The highest BCUT2D eigenvalue weighted by Crippen LogP contribution is 2.19. The van der Waals surface area contributed by atoms with Crippen LogP contribution < -0.4 is 0 Å². The molecule has 2 aromatic rings. The second kappa shape index (κ2) is 9.13. The van der Waals surface area contributed by atoms with Gasteiger partial charge in [-0.2, -0.15) is 0 Å². The molecule has 0 aliphatic heterocycles. The number of amides is 1. The summed E-state index contributed by atoms with van der Waals surface area (Å²) >= 11 is 3.22. The normalized spacial score (nSPS) is 11.5. The Hall–Kier alpha value is -1.47. The lowest BCUT2D eigenvalue weighted by molar-refractivity contribution is -0.126. The van der Waals surface area contributed by atoms with Crippen molar-refractivity contribution in [3.8, 4) is 0 Å². The van der Waals surface area contributed by atoms with E-state index in [1.165, 1.54) is 21.8 Å². The van der Waals surface area contributed by atoms with Crippen LogP contribution in [0.1, 0.15) is 20.9 Å². The van der Waals surface area contributed by atoms with Gasteiger partial charge in [-0.05, 0) is 61.1 Å². The lowest BCUT2D eigenvalue weighted by Gasteiger charge is -2.23. The van der Waals surface area contributed by atoms with Crippen LogP contribution in [0.4, 0.5) is 0 Å². The molecule has 6 heteroatoms. The van der Waals surface area contributed by atoms with Gasteiger partial charge in [0.05, 0.1) is 13.2 Å². The first-order valence-corrected chi connectivity index (χ1v) is 9.58. The quantitative estimate of drug-likeness (QED) is 0.732. The predicted molar refractivity (Wildman–Crippen MR) is 102 cm³/mol. The molecule has 2 aromatic heterocycles. The molecule has 0 saturated heterocycles. The van der Waals surface area contributed by atoms with Crippen molar-refractivity contribution in [2.24, 2.45) is 0 Å². The smallest absolute Gasteiger partial charge is 0.246 e. The first-order valence-electron chi connectivity index (χ1n) is 7.82. The van der Waals surface area contributed by atoms with Crippen molar-refractivity contribution in [3.05, 3.63) is 49.9 Å². The first kappa shape index (κ1) is 18.9. The van der Waals surface area contributed by atoms with Gasteiger partial charge in [-0.1, -0.05) is 0 Å². The van der Waals surface area contributed by atoms with Gasteiger partial charge in [0.2, 0.25) is 5.91 Å². The van der Waals surface area contributed by atoms with Crippen LogP contribution in [0.2, 0.25) is 0 Å². The fourth-order valence-electron chi connectivity index (χ4n) is 2.15. The third kappa shape index (κ3) is 5.56. The van der Waals surface area contributed by atoms with Crippen LogP contribution in [0.5, 0.6) is 0 Å². The molecule has 0 atom stereocenters. The zero-order valence-corrected chi connectivity index (χ0v) is 16.0. The van der Waals surface area contributed by atoms with E-state index in [1.54, 1.807) is 17.4 Å². The average Bonchev–Trinajstić information content (AvgIpc) is 3.17. The molecule has 0 aliphatic carbocycles. The summed E-state index contributed by atoms with van der Waals surface area (Å²) in [6.45, 7) is 4.29. The molecule has 2 rings (SSSR count). The number of aryl methyl sites for hydroxylation is 1. The van der Waals surface area contributed by atoms with Gasteiger partial charge in [-0.3, -0.25) is 4.79 Å². The molecule has 0 bridgehead atoms. The second-order valence-electron chi connectivity index (χ2n) is 5.94. The average molecular weight is 365 g/mol. The lowest BCUT2D eigenvalue weighted by atomic mass is 10.2. The standard InChI is InChI=1S/C18H24N2O2S2/c1-14-6-9-23-17(14)11-20(8-7-19(2)3)18(22)5-4-16-10-15(12-21)13-24-16/h4-6,9-10,13,21H,7-8,11-12H2,1-3H3. The van der Waals surface area contributed by atoms with E-state index in [0.29, 0.717) is 13.1 Å². The molecule has 0 fully saturated rings. The van der Waals surface area contributed by atoms with Crippen molar-refractivity contribution >= 4 is 34.7 Å². The first-order chi connectivity index (χ1) is 11.5. The molecule has 0 unspecified atom stereocenters. The van der Waals surface area contributed by atoms with E-state index in [1.807, 2.05) is 36.5 Å². The fourth-order valence-corrected chi connectivity index (χ4v) is 3.87. The van der Waals surface area contributed by atoms with Gasteiger partial charge < -0.3 is 14.9 Å². The van der Waals surface area contributed by atoms with Gasteiger partial charge in [0, 0.05) is 28.9 Å². The molecule has 1 amide bonds. The number of hydrogen-bond acceptors (Lipinski definition) is 5. The number of carbonyl (C=O) groups is 1. The molecule has 4 nitrogen and oxygen atoms in total. The van der Waals surface area contributed by atoms with Crippen LogP contribution in [0.3, 0.4) is 0 Å². The topological polar surface area (TPSA) is 43.8 Å². The number of rotatable bonds is 8. The number of nitrogens with zero attached hydrogens (tertiary/aromatic N) is 2. The summed E-state index contributed by atoms with van der Waals surface area (Å²) in [7, 11) is 4.02. The third-order valence-electron chi connectivity index (χ3n) is 3.68. The van der Waals surface area contributed by atoms with Gasteiger partial charge in [-0.25, -0.2) is 0 Å². The molecule has 24 heavy (non-hydrogen) atoms. The van der Waals surface area contributed by atoms with Crippen LogP contribution in [-0.2, 0) is 17.9 Å². The predicted octanol–water partition coefficient (Wildman–Crippen LogP) is 3.21. The minimum Gasteiger partial charge on any atom is -0.392 e. The Balaban J connectivity index is 2.06. The number of aliphatic hydroxyl groups excluding tert-OH is 1. The van der Waals surface area contributed by atoms with Gasteiger partial charge in [-0.15, -0.1) is 22.7 Å². The number of carbonyl (C=O) groups excluding carboxylic acids is 1. The summed E-state index contributed by atoms with van der Waals surface area (Å²) in [6.07, 6.45) is 3.46. The second-order valence-corrected chi connectivity index (χ2v) is 7.88. The highest BCUT2D eigenvalue weighted by Gasteiger charge is 2.14. The minimum absolute atomic E-state index is 0.0172. The van der Waals surface area contributed by atoms with Crippen LogP contribution in [0, 0.1) is 6.92 Å². The van der Waals surface area contributed by atoms with E-state index in [4.69, 9.17) is 5.11 Å². The molecular weight excluding hydrogens is 340 g/mol. The highest BCUT2D eigenvalue weighted by atomic mass is 32.1. The van der Waals surface area contributed by atoms with Crippen molar-refractivity contribution in [1.29, 1.82) is 0 Å². The Morgan fingerprint density at radius 1 is 1.29 bits per heavy atom. The summed E-state index contributed by atoms with van der Waals surface area (Å²) in [6, 6.07) is 3.99. The lowest BCUT2D eigenvalue weighted by Crippen LogP contribution is -2.35. The minimum atomic E-state index is 0.0172. The molecular formula is C18H24N2O2S2. The monoisotopic (exact) mass is 364 g/mol. The Labute approximate surface area is 151 Å². The van der Waals surface area contributed by atoms with E-state index in [0.717, 1.165) is 17.0 Å². The van der Waals surface area contributed by atoms with E-state index in [-0.39, 0.29) is 12.5 Å². The van der Waals surface area contributed by atoms with Gasteiger partial charge in [0.15, 0.2) is 0 Å². The van der Waals surface area contributed by atoms with Gasteiger partial charge in [0.25, 0.3) is 0 Å². The maximum Gasteiger partial charge on any atom is 0.246 e. The van der Waals surface area contributed by atoms with E-state index < -0.39 is 0 Å². The van der Waals surface area contributed by atoms with Crippen LogP contribution in [-0.4, -0.2) is 48.0 Å². The molecule has 0 saturated carbocycles. The third-order valence-corrected chi connectivity index (χ3v) is 5.63. The summed E-state index contributed by atoms with van der Waals surface area (Å²) in [5.41, 5.74) is 2.11.